The summed E-state index contributed by atoms with van der Waals surface area (Å²) in [5, 5.41) is 1.35. The van der Waals surface area contributed by atoms with Gasteiger partial charge in [0.15, 0.2) is 5.76 Å². The van der Waals surface area contributed by atoms with Crippen LogP contribution in [0.15, 0.2) is 28.7 Å². The van der Waals surface area contributed by atoms with E-state index < -0.39 is 6.43 Å². The van der Waals surface area contributed by atoms with Crippen LogP contribution in [0.25, 0.3) is 11.0 Å². The maximum absolute atomic E-state index is 12.4. The molecule has 1 amide bonds. The van der Waals surface area contributed by atoms with Crippen LogP contribution in [0, 0.1) is 0 Å². The number of benzene rings is 1. The van der Waals surface area contributed by atoms with E-state index in [0.717, 1.165) is 5.39 Å². The van der Waals surface area contributed by atoms with Crippen LogP contribution in [0.1, 0.15) is 10.6 Å². The Balaban J connectivity index is 1.68. The second-order valence-electron chi connectivity index (χ2n) is 5.28. The number of nitrogens with zero attached hydrogens (tertiary/aromatic N) is 2. The third-order valence-corrected chi connectivity index (χ3v) is 3.98. The Morgan fingerprint density at radius 1 is 1.23 bits per heavy atom. The van der Waals surface area contributed by atoms with E-state index in [0.29, 0.717) is 36.8 Å². The third-order valence-electron chi connectivity index (χ3n) is 3.74. The van der Waals surface area contributed by atoms with Gasteiger partial charge in [-0.05, 0) is 24.3 Å². The van der Waals surface area contributed by atoms with E-state index in [-0.39, 0.29) is 18.2 Å². The van der Waals surface area contributed by atoms with Crippen LogP contribution in [-0.4, -0.2) is 54.9 Å². The Morgan fingerprint density at radius 2 is 1.95 bits per heavy atom. The zero-order valence-electron chi connectivity index (χ0n) is 11.8. The molecule has 0 N–H and O–H groups in total. The number of carbonyl (C=O) groups is 1. The van der Waals surface area contributed by atoms with Crippen LogP contribution in [0.2, 0.25) is 5.02 Å². The van der Waals surface area contributed by atoms with Gasteiger partial charge in [-0.1, -0.05) is 11.6 Å². The van der Waals surface area contributed by atoms with Crippen molar-refractivity contribution < 1.29 is 18.0 Å². The smallest absolute Gasteiger partial charge is 0.289 e. The van der Waals surface area contributed by atoms with Gasteiger partial charge >= 0.3 is 0 Å². The summed E-state index contributed by atoms with van der Waals surface area (Å²) >= 11 is 5.91. The Morgan fingerprint density at radius 3 is 2.64 bits per heavy atom. The molecule has 3 rings (SSSR count). The number of halogens is 3. The van der Waals surface area contributed by atoms with Crippen molar-refractivity contribution in [1.29, 1.82) is 0 Å². The van der Waals surface area contributed by atoms with Crippen molar-refractivity contribution in [3.05, 3.63) is 35.0 Å². The number of alkyl halides is 2. The molecule has 2 aromatic rings. The third kappa shape index (κ3) is 3.23. The normalized spacial score (nSPS) is 16.6. The molecule has 1 aliphatic rings. The summed E-state index contributed by atoms with van der Waals surface area (Å²) in [6.45, 7) is 1.49. The van der Waals surface area contributed by atoms with Gasteiger partial charge in [0.2, 0.25) is 0 Å². The van der Waals surface area contributed by atoms with Crippen molar-refractivity contribution >= 4 is 28.5 Å². The summed E-state index contributed by atoms with van der Waals surface area (Å²) in [5.41, 5.74) is 0.601. The van der Waals surface area contributed by atoms with Gasteiger partial charge in [0.1, 0.15) is 5.58 Å². The van der Waals surface area contributed by atoms with E-state index in [1.807, 2.05) is 0 Å². The lowest BCUT2D eigenvalue weighted by Crippen LogP contribution is -2.49. The van der Waals surface area contributed by atoms with Gasteiger partial charge in [0.25, 0.3) is 12.3 Å². The van der Waals surface area contributed by atoms with Gasteiger partial charge in [-0.3, -0.25) is 9.69 Å². The molecule has 1 fully saturated rings. The van der Waals surface area contributed by atoms with E-state index >= 15 is 0 Å². The van der Waals surface area contributed by atoms with Crippen LogP contribution in [0.4, 0.5) is 8.78 Å². The minimum Gasteiger partial charge on any atom is -0.451 e. The van der Waals surface area contributed by atoms with Crippen molar-refractivity contribution in [2.45, 2.75) is 6.43 Å². The lowest BCUT2D eigenvalue weighted by Gasteiger charge is -2.33. The number of hydrogen-bond donors (Lipinski definition) is 0. The second-order valence-corrected chi connectivity index (χ2v) is 5.71. The highest BCUT2D eigenvalue weighted by Gasteiger charge is 2.25. The molecule has 0 atom stereocenters. The van der Waals surface area contributed by atoms with E-state index in [1.54, 1.807) is 34.1 Å². The van der Waals surface area contributed by atoms with Gasteiger partial charge in [-0.15, -0.1) is 0 Å². The first-order valence-electron chi connectivity index (χ1n) is 7.02. The predicted molar refractivity (Wildman–Crippen MR) is 79.6 cm³/mol. The monoisotopic (exact) mass is 328 g/mol. The number of fused-ring (bicyclic) bond motifs is 1. The maximum Gasteiger partial charge on any atom is 0.289 e. The largest absolute Gasteiger partial charge is 0.451 e. The highest BCUT2D eigenvalue weighted by Crippen LogP contribution is 2.24. The van der Waals surface area contributed by atoms with Gasteiger partial charge in [-0.25, -0.2) is 8.78 Å². The van der Waals surface area contributed by atoms with Crippen LogP contribution in [-0.2, 0) is 0 Å². The molecule has 0 spiro atoms. The molecular formula is C15H15ClF2N2O2. The number of amides is 1. The Bertz CT molecular complexity index is 681. The molecule has 0 aliphatic carbocycles. The van der Waals surface area contributed by atoms with Crippen molar-refractivity contribution in [2.75, 3.05) is 32.7 Å². The molecule has 1 saturated heterocycles. The maximum atomic E-state index is 12.4. The van der Waals surface area contributed by atoms with E-state index in [4.69, 9.17) is 16.0 Å². The molecule has 1 aromatic carbocycles. The molecule has 0 saturated carbocycles. The first kappa shape index (κ1) is 15.2. The molecule has 7 heteroatoms. The zero-order chi connectivity index (χ0) is 15.7. The SMILES string of the molecule is O=C(c1cc2cc(Cl)ccc2o1)N1CCN(CC(F)F)CC1. The summed E-state index contributed by atoms with van der Waals surface area (Å²) in [5.74, 6) is 0.0311. The summed E-state index contributed by atoms with van der Waals surface area (Å²) in [6, 6.07) is 6.81. The van der Waals surface area contributed by atoms with E-state index in [9.17, 15) is 13.6 Å². The average molecular weight is 329 g/mol. The van der Waals surface area contributed by atoms with Gasteiger partial charge in [-0.2, -0.15) is 0 Å². The Labute approximate surface area is 131 Å². The van der Waals surface area contributed by atoms with E-state index in [2.05, 4.69) is 0 Å². The fraction of sp³-hybridized carbons (Fsp3) is 0.400. The quantitative estimate of drug-likeness (QED) is 0.868. The van der Waals surface area contributed by atoms with Crippen LogP contribution in [0.3, 0.4) is 0 Å². The summed E-state index contributed by atoms with van der Waals surface area (Å²) in [7, 11) is 0. The standard InChI is InChI=1S/C15H15ClF2N2O2/c16-11-1-2-12-10(7-11)8-13(22-12)15(21)20-5-3-19(4-6-20)9-14(17)18/h1-2,7-8,14H,3-6,9H2. The lowest BCUT2D eigenvalue weighted by molar-refractivity contribution is 0.0441. The van der Waals surface area contributed by atoms with Crippen LogP contribution in [0.5, 0.6) is 0 Å². The first-order chi connectivity index (χ1) is 10.5. The molecule has 0 radical (unpaired) electrons. The number of furan rings is 1. The van der Waals surface area contributed by atoms with Crippen LogP contribution < -0.4 is 0 Å². The van der Waals surface area contributed by atoms with Gasteiger partial charge in [0, 0.05) is 36.6 Å². The van der Waals surface area contributed by atoms with Crippen molar-refractivity contribution in [3.63, 3.8) is 0 Å². The predicted octanol–water partition coefficient (Wildman–Crippen LogP) is 3.11. The molecule has 4 nitrogen and oxygen atoms in total. The topological polar surface area (TPSA) is 36.7 Å². The lowest BCUT2D eigenvalue weighted by atomic mass is 10.2. The Hall–Kier alpha value is -1.66. The summed E-state index contributed by atoms with van der Waals surface area (Å²) in [4.78, 5) is 15.7. The minimum absolute atomic E-state index is 0.219. The number of hydrogen-bond acceptors (Lipinski definition) is 3. The highest BCUT2D eigenvalue weighted by molar-refractivity contribution is 6.31. The molecule has 22 heavy (non-hydrogen) atoms. The van der Waals surface area contributed by atoms with E-state index in [1.165, 1.54) is 0 Å². The number of rotatable bonds is 3. The number of carbonyl (C=O) groups excluding carboxylic acids is 1. The molecule has 1 aromatic heterocycles. The average Bonchev–Trinajstić information content (AvgIpc) is 2.89. The minimum atomic E-state index is -2.35. The van der Waals surface area contributed by atoms with Crippen molar-refractivity contribution in [1.82, 2.24) is 9.80 Å². The molecule has 0 bridgehead atoms. The Kier molecular flexibility index (Phi) is 4.31. The van der Waals surface area contributed by atoms with Crippen LogP contribution >= 0.6 is 11.6 Å². The molecule has 1 aliphatic heterocycles. The molecule has 118 valence electrons. The summed E-state index contributed by atoms with van der Waals surface area (Å²) in [6.07, 6.45) is -2.35. The van der Waals surface area contributed by atoms with Crippen molar-refractivity contribution in [3.8, 4) is 0 Å². The van der Waals surface area contributed by atoms with Crippen molar-refractivity contribution in [2.24, 2.45) is 0 Å². The van der Waals surface area contributed by atoms with Gasteiger partial charge < -0.3 is 9.32 Å². The molecule has 2 heterocycles. The molecular weight excluding hydrogens is 314 g/mol. The fourth-order valence-electron chi connectivity index (χ4n) is 2.60. The number of piperazine rings is 1. The second kappa shape index (κ2) is 6.22. The first-order valence-corrected chi connectivity index (χ1v) is 7.39. The molecule has 0 unspecified atom stereocenters. The zero-order valence-corrected chi connectivity index (χ0v) is 12.5. The highest BCUT2D eigenvalue weighted by atomic mass is 35.5. The summed E-state index contributed by atoms with van der Waals surface area (Å²) < 4.78 is 30.2. The fourth-order valence-corrected chi connectivity index (χ4v) is 2.78. The van der Waals surface area contributed by atoms with Gasteiger partial charge in [0.05, 0.1) is 6.54 Å².